The van der Waals surface area contributed by atoms with Crippen molar-refractivity contribution in [3.63, 3.8) is 0 Å². The quantitative estimate of drug-likeness (QED) is 0.500. The fourth-order valence-electron chi connectivity index (χ4n) is 0.573. The van der Waals surface area contributed by atoms with E-state index in [1.54, 1.807) is 9.31 Å². The first-order valence-electron chi connectivity index (χ1n) is 2.69. The summed E-state index contributed by atoms with van der Waals surface area (Å²) in [6, 6.07) is -0.0376. The Morgan fingerprint density at radius 1 is 1.78 bits per heavy atom. The Morgan fingerprint density at radius 3 is 3.33 bits per heavy atom. The van der Waals surface area contributed by atoms with Crippen molar-refractivity contribution in [1.29, 1.82) is 0 Å². The van der Waals surface area contributed by atoms with Crippen LogP contribution in [0, 0.1) is 0 Å². The molecular weight excluding hydrogens is 231 g/mol. The van der Waals surface area contributed by atoms with Gasteiger partial charge in [-0.1, -0.05) is 6.08 Å². The lowest BCUT2D eigenvalue weighted by Gasteiger charge is -2.08. The molecule has 9 heavy (non-hydrogen) atoms. The molecule has 1 heterocycles. The molecule has 0 aromatic rings. The van der Waals surface area contributed by atoms with Crippen LogP contribution in [0.1, 0.15) is 6.42 Å². The molecule has 50 valence electrons. The van der Waals surface area contributed by atoms with Crippen molar-refractivity contribution in [1.82, 2.24) is 8.43 Å². The number of nitrogens with zero attached hydrogens (tertiary/aromatic N) is 1. The summed E-state index contributed by atoms with van der Waals surface area (Å²) in [6.07, 6.45) is 4.55. The molecule has 0 aromatic carbocycles. The zero-order chi connectivity index (χ0) is 6.69. The largest absolute Gasteiger partial charge is 0.330 e. The van der Waals surface area contributed by atoms with Crippen LogP contribution in [0.5, 0.6) is 0 Å². The number of halogens is 1. The highest BCUT2D eigenvalue weighted by Gasteiger charge is 2.08. The van der Waals surface area contributed by atoms with Gasteiger partial charge in [0.15, 0.2) is 0 Å². The number of carbonyl (C=O) groups is 1. The van der Waals surface area contributed by atoms with Gasteiger partial charge in [-0.2, -0.15) is 0 Å². The van der Waals surface area contributed by atoms with Gasteiger partial charge >= 0.3 is 6.03 Å². The van der Waals surface area contributed by atoms with E-state index in [0.29, 0.717) is 0 Å². The molecule has 2 amide bonds. The van der Waals surface area contributed by atoms with E-state index in [1.807, 2.05) is 28.9 Å². The van der Waals surface area contributed by atoms with E-state index in [1.165, 1.54) is 0 Å². The normalized spacial score (nSPS) is 19.2. The highest BCUT2D eigenvalue weighted by atomic mass is 127. The summed E-state index contributed by atoms with van der Waals surface area (Å²) in [6.45, 7) is 0.795. The highest BCUT2D eigenvalue weighted by molar-refractivity contribution is 14.1. The zero-order valence-corrected chi connectivity index (χ0v) is 6.96. The lowest BCUT2D eigenvalue weighted by molar-refractivity contribution is 0.234. The van der Waals surface area contributed by atoms with Crippen molar-refractivity contribution in [2.75, 3.05) is 6.54 Å². The number of hydrogen-bond donors (Lipinski definition) is 1. The summed E-state index contributed by atoms with van der Waals surface area (Å²) < 4.78 is 1.62. The minimum atomic E-state index is -0.0376. The monoisotopic (exact) mass is 238 g/mol. The molecule has 0 radical (unpaired) electrons. The minimum absolute atomic E-state index is 0.0376. The summed E-state index contributed by atoms with van der Waals surface area (Å²) in [5.41, 5.74) is 0. The number of carbonyl (C=O) groups excluding carboxylic acids is 1. The molecule has 0 saturated carbocycles. The molecule has 1 aliphatic rings. The zero-order valence-electron chi connectivity index (χ0n) is 4.80. The van der Waals surface area contributed by atoms with Crippen LogP contribution in [0.25, 0.3) is 0 Å². The van der Waals surface area contributed by atoms with Crippen LogP contribution >= 0.6 is 22.9 Å². The summed E-state index contributed by atoms with van der Waals surface area (Å²) in [7, 11) is 0. The van der Waals surface area contributed by atoms with E-state index in [9.17, 15) is 4.79 Å². The molecule has 1 rings (SSSR count). The summed E-state index contributed by atoms with van der Waals surface area (Å²) in [4.78, 5) is 10.8. The van der Waals surface area contributed by atoms with E-state index in [2.05, 4.69) is 5.32 Å². The predicted octanol–water partition coefficient (Wildman–Crippen LogP) is 1.27. The van der Waals surface area contributed by atoms with Gasteiger partial charge in [-0.25, -0.2) is 4.79 Å². The Kier molecular flexibility index (Phi) is 2.32. The molecule has 0 spiro atoms. The highest BCUT2D eigenvalue weighted by Crippen LogP contribution is 2.03. The van der Waals surface area contributed by atoms with Crippen LogP contribution in [0.3, 0.4) is 0 Å². The van der Waals surface area contributed by atoms with E-state index in [0.717, 1.165) is 13.0 Å². The van der Waals surface area contributed by atoms with Gasteiger partial charge in [0.1, 0.15) is 0 Å². The summed E-state index contributed by atoms with van der Waals surface area (Å²) in [5.74, 6) is 0. The molecular formula is C5H7IN2O. The Balaban J connectivity index is 2.52. The summed E-state index contributed by atoms with van der Waals surface area (Å²) in [5, 5.41) is 2.59. The number of amides is 2. The molecule has 0 unspecified atom stereocenters. The number of nitrogens with one attached hydrogen (secondary N) is 1. The second kappa shape index (κ2) is 3.05. The third-order valence-electron chi connectivity index (χ3n) is 1.04. The molecule has 0 atom stereocenters. The average Bonchev–Trinajstić information content (AvgIpc) is 1.99. The maximum absolute atomic E-state index is 10.8. The molecule has 3 nitrogen and oxygen atoms in total. The fourth-order valence-corrected chi connectivity index (χ4v) is 0.991. The van der Waals surface area contributed by atoms with E-state index in [4.69, 9.17) is 0 Å². The molecule has 0 aliphatic carbocycles. The van der Waals surface area contributed by atoms with Crippen molar-refractivity contribution in [3.8, 4) is 0 Å². The minimum Gasteiger partial charge on any atom is -0.314 e. The van der Waals surface area contributed by atoms with E-state index in [-0.39, 0.29) is 6.03 Å². The first-order valence-corrected chi connectivity index (χ1v) is 3.66. The third-order valence-corrected chi connectivity index (χ3v) is 1.96. The Labute approximate surface area is 67.6 Å². The standard InChI is InChI=1S/C5H7IN2O/c6-8-4-2-1-3-7-5(8)9/h1,3H,2,4H2,(H,7,9). The van der Waals surface area contributed by atoms with Crippen molar-refractivity contribution in [2.24, 2.45) is 0 Å². The van der Waals surface area contributed by atoms with E-state index >= 15 is 0 Å². The lowest BCUT2D eigenvalue weighted by atomic mass is 10.4. The number of hydrogen-bond acceptors (Lipinski definition) is 1. The van der Waals surface area contributed by atoms with Gasteiger partial charge in [-0.15, -0.1) is 0 Å². The van der Waals surface area contributed by atoms with Gasteiger partial charge in [0.25, 0.3) is 0 Å². The van der Waals surface area contributed by atoms with Crippen LogP contribution < -0.4 is 5.32 Å². The first kappa shape index (κ1) is 6.85. The smallest absolute Gasteiger partial charge is 0.314 e. The van der Waals surface area contributed by atoms with Gasteiger partial charge in [0.05, 0.1) is 22.9 Å². The van der Waals surface area contributed by atoms with Crippen molar-refractivity contribution in [3.05, 3.63) is 12.3 Å². The molecule has 0 saturated heterocycles. The first-order chi connectivity index (χ1) is 4.30. The lowest BCUT2D eigenvalue weighted by Crippen LogP contribution is -2.28. The number of urea groups is 1. The second-order valence-corrected chi connectivity index (χ2v) is 2.89. The van der Waals surface area contributed by atoms with Crippen LogP contribution in [-0.4, -0.2) is 15.7 Å². The fraction of sp³-hybridized carbons (Fsp3) is 0.400. The molecule has 0 fully saturated rings. The van der Waals surface area contributed by atoms with Crippen LogP contribution in [0.2, 0.25) is 0 Å². The Hall–Kier alpha value is -0.260. The van der Waals surface area contributed by atoms with Crippen LogP contribution in [-0.2, 0) is 0 Å². The maximum atomic E-state index is 10.8. The van der Waals surface area contributed by atoms with Crippen molar-refractivity contribution >= 4 is 28.9 Å². The SMILES string of the molecule is O=C1NC=CCCN1I. The van der Waals surface area contributed by atoms with Gasteiger partial charge in [-0.05, 0) is 6.42 Å². The van der Waals surface area contributed by atoms with Crippen LogP contribution in [0.15, 0.2) is 12.3 Å². The van der Waals surface area contributed by atoms with E-state index < -0.39 is 0 Å². The Morgan fingerprint density at radius 2 is 2.56 bits per heavy atom. The third kappa shape index (κ3) is 1.85. The van der Waals surface area contributed by atoms with Crippen LogP contribution in [0.4, 0.5) is 4.79 Å². The van der Waals surface area contributed by atoms with Gasteiger partial charge in [-0.3, -0.25) is 3.11 Å². The van der Waals surface area contributed by atoms with Crippen molar-refractivity contribution < 1.29 is 4.79 Å². The molecule has 0 aromatic heterocycles. The molecule has 0 bridgehead atoms. The van der Waals surface area contributed by atoms with Gasteiger partial charge in [0, 0.05) is 12.7 Å². The molecule has 4 heteroatoms. The maximum Gasteiger partial charge on any atom is 0.330 e. The van der Waals surface area contributed by atoms with Crippen molar-refractivity contribution in [2.45, 2.75) is 6.42 Å². The number of rotatable bonds is 0. The Bertz CT molecular complexity index is 146. The van der Waals surface area contributed by atoms with Gasteiger partial charge < -0.3 is 5.32 Å². The predicted molar refractivity (Wildman–Crippen MR) is 43.0 cm³/mol. The topological polar surface area (TPSA) is 32.3 Å². The second-order valence-electron chi connectivity index (χ2n) is 1.73. The molecule has 1 aliphatic heterocycles. The summed E-state index contributed by atoms with van der Waals surface area (Å²) >= 11 is 1.99. The molecule has 1 N–H and O–H groups in total. The average molecular weight is 238 g/mol. The van der Waals surface area contributed by atoms with Gasteiger partial charge in [0.2, 0.25) is 0 Å².